The van der Waals surface area contributed by atoms with E-state index in [0.29, 0.717) is 12.2 Å². The highest BCUT2D eigenvalue weighted by Gasteiger charge is 2.26. The highest BCUT2D eigenvalue weighted by atomic mass is 16.1. The number of hydrogen-bond donors (Lipinski definition) is 0. The van der Waals surface area contributed by atoms with Gasteiger partial charge in [-0.2, -0.15) is 0 Å². The molecule has 0 saturated carbocycles. The molecule has 2 aromatic carbocycles. The van der Waals surface area contributed by atoms with Gasteiger partial charge in [-0.1, -0.05) is 54.1 Å². The minimum Gasteiger partial charge on any atom is -0.299 e. The van der Waals surface area contributed by atoms with E-state index in [-0.39, 0.29) is 5.92 Å². The van der Waals surface area contributed by atoms with Crippen LogP contribution >= 0.6 is 0 Å². The maximum atomic E-state index is 12.4. The number of ketones is 1. The van der Waals surface area contributed by atoms with E-state index in [1.807, 2.05) is 0 Å². The summed E-state index contributed by atoms with van der Waals surface area (Å²) in [5.41, 5.74) is 5.26. The quantitative estimate of drug-likeness (QED) is 0.818. The lowest BCUT2D eigenvalue weighted by atomic mass is 9.95. The van der Waals surface area contributed by atoms with Gasteiger partial charge in [-0.25, -0.2) is 0 Å². The fourth-order valence-electron chi connectivity index (χ4n) is 3.13. The average Bonchev–Trinajstić information content (AvgIpc) is 2.89. The normalized spacial score (nSPS) is 14.2. The van der Waals surface area contributed by atoms with Crippen molar-refractivity contribution >= 4 is 5.78 Å². The second-order valence-corrected chi connectivity index (χ2v) is 5.83. The summed E-state index contributed by atoms with van der Waals surface area (Å²) in [6, 6.07) is 16.9. The van der Waals surface area contributed by atoms with Gasteiger partial charge in [-0.3, -0.25) is 4.79 Å². The summed E-state index contributed by atoms with van der Waals surface area (Å²) in [4.78, 5) is 12.4. The van der Waals surface area contributed by atoms with Crippen LogP contribution in [0.25, 0.3) is 0 Å². The van der Waals surface area contributed by atoms with Crippen LogP contribution in [0.1, 0.15) is 28.7 Å². The molecular weight excluding hydrogens is 244 g/mol. The molecule has 0 spiro atoms. The molecule has 2 aromatic rings. The SMILES string of the molecule is Cc1cccc(CCC(=O)C2Cc3ccccc3C2)c1. The molecule has 0 radical (unpaired) electrons. The van der Waals surface area contributed by atoms with Crippen LogP contribution in [0.2, 0.25) is 0 Å². The largest absolute Gasteiger partial charge is 0.299 e. The molecule has 1 aliphatic rings. The van der Waals surface area contributed by atoms with Crippen molar-refractivity contribution in [2.75, 3.05) is 0 Å². The van der Waals surface area contributed by atoms with Crippen LogP contribution in [0.3, 0.4) is 0 Å². The van der Waals surface area contributed by atoms with E-state index >= 15 is 0 Å². The summed E-state index contributed by atoms with van der Waals surface area (Å²) in [5.74, 6) is 0.625. The van der Waals surface area contributed by atoms with Gasteiger partial charge in [0.1, 0.15) is 5.78 Å². The lowest BCUT2D eigenvalue weighted by molar-refractivity contribution is -0.122. The van der Waals surface area contributed by atoms with Gasteiger partial charge >= 0.3 is 0 Å². The van der Waals surface area contributed by atoms with Crippen LogP contribution in [-0.2, 0) is 24.1 Å². The Balaban J connectivity index is 1.59. The minimum absolute atomic E-state index is 0.206. The molecular formula is C19H20O. The number of carbonyl (C=O) groups excluding carboxylic acids is 1. The summed E-state index contributed by atoms with van der Waals surface area (Å²) in [7, 11) is 0. The highest BCUT2D eigenvalue weighted by molar-refractivity contribution is 5.82. The maximum Gasteiger partial charge on any atom is 0.136 e. The third-order valence-electron chi connectivity index (χ3n) is 4.25. The molecule has 0 atom stereocenters. The van der Waals surface area contributed by atoms with Crippen LogP contribution in [0.15, 0.2) is 48.5 Å². The minimum atomic E-state index is 0.206. The van der Waals surface area contributed by atoms with Crippen molar-refractivity contribution in [3.63, 3.8) is 0 Å². The zero-order valence-corrected chi connectivity index (χ0v) is 11.9. The number of benzene rings is 2. The third-order valence-corrected chi connectivity index (χ3v) is 4.25. The first kappa shape index (κ1) is 13.1. The smallest absolute Gasteiger partial charge is 0.136 e. The molecule has 0 bridgehead atoms. The molecule has 20 heavy (non-hydrogen) atoms. The van der Waals surface area contributed by atoms with Crippen molar-refractivity contribution < 1.29 is 4.79 Å². The number of Topliss-reactive ketones (excluding diaryl/α,β-unsaturated/α-hetero) is 1. The first-order chi connectivity index (χ1) is 9.72. The lowest BCUT2D eigenvalue weighted by Crippen LogP contribution is -2.15. The Morgan fingerprint density at radius 1 is 1.05 bits per heavy atom. The number of rotatable bonds is 4. The summed E-state index contributed by atoms with van der Waals surface area (Å²) >= 11 is 0. The van der Waals surface area contributed by atoms with Gasteiger partial charge in [0.25, 0.3) is 0 Å². The van der Waals surface area contributed by atoms with Gasteiger partial charge in [-0.15, -0.1) is 0 Å². The average molecular weight is 264 g/mol. The van der Waals surface area contributed by atoms with E-state index in [2.05, 4.69) is 55.5 Å². The fraction of sp³-hybridized carbons (Fsp3) is 0.316. The molecule has 0 saturated heterocycles. The monoisotopic (exact) mass is 264 g/mol. The van der Waals surface area contributed by atoms with Crippen molar-refractivity contribution in [1.82, 2.24) is 0 Å². The van der Waals surface area contributed by atoms with Gasteiger partial charge in [0.2, 0.25) is 0 Å². The predicted molar refractivity (Wildman–Crippen MR) is 81.8 cm³/mol. The van der Waals surface area contributed by atoms with E-state index in [4.69, 9.17) is 0 Å². The van der Waals surface area contributed by atoms with Gasteiger partial charge in [0.15, 0.2) is 0 Å². The Hall–Kier alpha value is -1.89. The summed E-state index contributed by atoms with van der Waals surface area (Å²) in [5, 5.41) is 0. The summed E-state index contributed by atoms with van der Waals surface area (Å²) in [6.07, 6.45) is 3.40. The van der Waals surface area contributed by atoms with E-state index in [1.165, 1.54) is 22.3 Å². The molecule has 0 unspecified atom stereocenters. The topological polar surface area (TPSA) is 17.1 Å². The second kappa shape index (κ2) is 5.62. The van der Waals surface area contributed by atoms with Crippen LogP contribution in [-0.4, -0.2) is 5.78 Å². The molecule has 102 valence electrons. The first-order valence-corrected chi connectivity index (χ1v) is 7.37. The zero-order chi connectivity index (χ0) is 13.9. The Morgan fingerprint density at radius 2 is 1.75 bits per heavy atom. The maximum absolute atomic E-state index is 12.4. The van der Waals surface area contributed by atoms with Crippen molar-refractivity contribution in [2.24, 2.45) is 5.92 Å². The molecule has 3 rings (SSSR count). The Bertz CT molecular complexity index is 602. The Morgan fingerprint density at radius 3 is 2.40 bits per heavy atom. The van der Waals surface area contributed by atoms with Gasteiger partial charge in [0.05, 0.1) is 0 Å². The van der Waals surface area contributed by atoms with Crippen LogP contribution < -0.4 is 0 Å². The molecule has 0 fully saturated rings. The van der Waals surface area contributed by atoms with Crippen molar-refractivity contribution in [3.05, 3.63) is 70.8 Å². The van der Waals surface area contributed by atoms with E-state index < -0.39 is 0 Å². The molecule has 0 aliphatic heterocycles. The predicted octanol–water partition coefficient (Wildman–Crippen LogP) is 3.91. The molecule has 1 aliphatic carbocycles. The lowest BCUT2D eigenvalue weighted by Gasteiger charge is -2.08. The number of fused-ring (bicyclic) bond motifs is 1. The van der Waals surface area contributed by atoms with Crippen LogP contribution in [0.4, 0.5) is 0 Å². The van der Waals surface area contributed by atoms with Gasteiger partial charge in [0, 0.05) is 12.3 Å². The first-order valence-electron chi connectivity index (χ1n) is 7.37. The molecule has 0 aromatic heterocycles. The molecule has 1 heteroatoms. The molecule has 0 heterocycles. The fourth-order valence-corrected chi connectivity index (χ4v) is 3.13. The molecule has 0 N–H and O–H groups in total. The number of aryl methyl sites for hydroxylation is 2. The molecule has 0 amide bonds. The van der Waals surface area contributed by atoms with Gasteiger partial charge in [-0.05, 0) is 42.9 Å². The summed E-state index contributed by atoms with van der Waals surface area (Å²) < 4.78 is 0. The van der Waals surface area contributed by atoms with Crippen molar-refractivity contribution in [2.45, 2.75) is 32.6 Å². The Kier molecular flexibility index (Phi) is 3.68. The van der Waals surface area contributed by atoms with Crippen LogP contribution in [0.5, 0.6) is 0 Å². The van der Waals surface area contributed by atoms with Crippen molar-refractivity contribution in [1.29, 1.82) is 0 Å². The summed E-state index contributed by atoms with van der Waals surface area (Å²) in [6.45, 7) is 2.10. The van der Waals surface area contributed by atoms with E-state index in [0.717, 1.165) is 19.3 Å². The van der Waals surface area contributed by atoms with Crippen molar-refractivity contribution in [3.8, 4) is 0 Å². The van der Waals surface area contributed by atoms with E-state index in [1.54, 1.807) is 0 Å². The third kappa shape index (κ3) is 2.82. The zero-order valence-electron chi connectivity index (χ0n) is 11.9. The molecule has 1 nitrogen and oxygen atoms in total. The van der Waals surface area contributed by atoms with E-state index in [9.17, 15) is 4.79 Å². The van der Waals surface area contributed by atoms with Crippen LogP contribution in [0, 0.1) is 12.8 Å². The number of hydrogen-bond acceptors (Lipinski definition) is 1. The highest BCUT2D eigenvalue weighted by Crippen LogP contribution is 2.28. The Labute approximate surface area is 120 Å². The second-order valence-electron chi connectivity index (χ2n) is 5.83. The standard InChI is InChI=1S/C19H20O/c1-14-5-4-6-15(11-14)9-10-19(20)18-12-16-7-2-3-8-17(16)13-18/h2-8,11,18H,9-10,12-13H2,1H3. The van der Waals surface area contributed by atoms with Gasteiger partial charge < -0.3 is 0 Å². The number of carbonyl (C=O) groups is 1.